The van der Waals surface area contributed by atoms with Crippen LogP contribution in [0.1, 0.15) is 16.8 Å². The lowest BCUT2D eigenvalue weighted by molar-refractivity contribution is -0.136. The van der Waals surface area contributed by atoms with Gasteiger partial charge in [0.15, 0.2) is 0 Å². The van der Waals surface area contributed by atoms with Crippen molar-refractivity contribution in [1.82, 2.24) is 15.0 Å². The number of imidazole rings is 1. The summed E-state index contributed by atoms with van der Waals surface area (Å²) in [6, 6.07) is 10.3. The number of carboxylic acid groups (broad SMARTS) is 1. The Hall–Kier alpha value is -3.22. The number of carbonyl (C=O) groups is 2. The number of aliphatic carboxylic acids is 1. The van der Waals surface area contributed by atoms with Crippen LogP contribution in [-0.2, 0) is 4.79 Å². The van der Waals surface area contributed by atoms with Crippen LogP contribution in [0.4, 0.5) is 5.82 Å². The molecule has 1 amide bonds. The van der Waals surface area contributed by atoms with Crippen LogP contribution < -0.4 is 4.90 Å². The van der Waals surface area contributed by atoms with Gasteiger partial charge >= 0.3 is 5.97 Å². The Kier molecular flexibility index (Phi) is 4.01. The van der Waals surface area contributed by atoms with E-state index in [1.807, 2.05) is 0 Å². The molecule has 7 nitrogen and oxygen atoms in total. The maximum Gasteiger partial charge on any atom is 0.305 e. The molecular weight excluding hydrogens is 296 g/mol. The summed E-state index contributed by atoms with van der Waals surface area (Å²) in [4.78, 5) is 36.2. The van der Waals surface area contributed by atoms with Gasteiger partial charge in [-0.1, -0.05) is 6.07 Å². The molecule has 0 saturated carbocycles. The highest BCUT2D eigenvalue weighted by atomic mass is 16.4. The number of aromatic nitrogens is 3. The van der Waals surface area contributed by atoms with Gasteiger partial charge in [-0.2, -0.15) is 0 Å². The Bertz CT molecular complexity index is 845. The van der Waals surface area contributed by atoms with Gasteiger partial charge in [0.2, 0.25) is 0 Å². The highest BCUT2D eigenvalue weighted by Gasteiger charge is 2.20. The fraction of sp³-hybridized carbons (Fsp3) is 0.125. The van der Waals surface area contributed by atoms with E-state index in [4.69, 9.17) is 5.11 Å². The number of amides is 1. The Morgan fingerprint density at radius 3 is 2.78 bits per heavy atom. The summed E-state index contributed by atoms with van der Waals surface area (Å²) in [6.45, 7) is 0.0478. The van der Waals surface area contributed by atoms with Gasteiger partial charge in [-0.3, -0.25) is 14.5 Å². The van der Waals surface area contributed by atoms with Crippen LogP contribution in [0.25, 0.3) is 11.0 Å². The summed E-state index contributed by atoms with van der Waals surface area (Å²) in [6.07, 6.45) is 2.96. The molecule has 0 aliphatic carbocycles. The maximum atomic E-state index is 12.8. The normalized spacial score (nSPS) is 10.6. The Balaban J connectivity index is 1.94. The van der Waals surface area contributed by atoms with Crippen LogP contribution in [0.2, 0.25) is 0 Å². The lowest BCUT2D eigenvalue weighted by atomic mass is 10.1. The van der Waals surface area contributed by atoms with E-state index in [1.165, 1.54) is 4.90 Å². The molecule has 0 aliphatic heterocycles. The summed E-state index contributed by atoms with van der Waals surface area (Å²) < 4.78 is 0. The molecule has 23 heavy (non-hydrogen) atoms. The van der Waals surface area contributed by atoms with Crippen molar-refractivity contribution in [3.05, 3.63) is 54.5 Å². The minimum atomic E-state index is -0.970. The number of nitrogens with one attached hydrogen (secondary N) is 1. The monoisotopic (exact) mass is 310 g/mol. The molecule has 0 spiro atoms. The Morgan fingerprint density at radius 2 is 2.04 bits per heavy atom. The molecule has 0 unspecified atom stereocenters. The van der Waals surface area contributed by atoms with Crippen molar-refractivity contribution in [3.63, 3.8) is 0 Å². The molecule has 1 aromatic carbocycles. The molecule has 2 aromatic heterocycles. The number of hydrogen-bond acceptors (Lipinski definition) is 4. The lowest BCUT2D eigenvalue weighted by Gasteiger charge is -2.21. The molecule has 2 heterocycles. The average molecular weight is 310 g/mol. The summed E-state index contributed by atoms with van der Waals surface area (Å²) in [5.41, 5.74) is 1.95. The van der Waals surface area contributed by atoms with Crippen molar-refractivity contribution < 1.29 is 14.7 Å². The summed E-state index contributed by atoms with van der Waals surface area (Å²) in [5, 5.41) is 8.90. The number of H-pyrrole nitrogens is 1. The van der Waals surface area contributed by atoms with E-state index in [9.17, 15) is 9.59 Å². The topological polar surface area (TPSA) is 99.2 Å². The number of aromatic amines is 1. The third-order valence-electron chi connectivity index (χ3n) is 3.39. The molecule has 0 atom stereocenters. The van der Waals surface area contributed by atoms with Crippen molar-refractivity contribution in [2.75, 3.05) is 11.4 Å². The minimum Gasteiger partial charge on any atom is -0.481 e. The Morgan fingerprint density at radius 1 is 1.17 bits per heavy atom. The third-order valence-corrected chi connectivity index (χ3v) is 3.39. The van der Waals surface area contributed by atoms with Gasteiger partial charge in [0.25, 0.3) is 5.91 Å². The number of fused-ring (bicyclic) bond motifs is 1. The number of rotatable bonds is 5. The highest BCUT2D eigenvalue weighted by Crippen LogP contribution is 2.17. The number of pyridine rings is 1. The predicted octanol–water partition coefficient (Wildman–Crippen LogP) is 2.08. The molecule has 0 bridgehead atoms. The highest BCUT2D eigenvalue weighted by molar-refractivity contribution is 6.07. The van der Waals surface area contributed by atoms with E-state index >= 15 is 0 Å². The lowest BCUT2D eigenvalue weighted by Crippen LogP contribution is -2.33. The molecule has 3 aromatic rings. The van der Waals surface area contributed by atoms with Gasteiger partial charge in [-0.15, -0.1) is 0 Å². The van der Waals surface area contributed by atoms with E-state index in [1.54, 1.807) is 48.9 Å². The van der Waals surface area contributed by atoms with Gasteiger partial charge in [0.1, 0.15) is 5.82 Å². The zero-order valence-corrected chi connectivity index (χ0v) is 12.1. The van der Waals surface area contributed by atoms with Crippen molar-refractivity contribution in [2.45, 2.75) is 6.42 Å². The molecule has 0 saturated heterocycles. The first kappa shape index (κ1) is 14.7. The minimum absolute atomic E-state index is 0.0478. The fourth-order valence-electron chi connectivity index (χ4n) is 2.27. The van der Waals surface area contributed by atoms with Crippen molar-refractivity contribution in [1.29, 1.82) is 0 Å². The second-order valence-corrected chi connectivity index (χ2v) is 4.92. The number of benzene rings is 1. The molecule has 7 heteroatoms. The number of carboxylic acids is 1. The first-order chi connectivity index (χ1) is 11.1. The van der Waals surface area contributed by atoms with Crippen molar-refractivity contribution in [3.8, 4) is 0 Å². The van der Waals surface area contributed by atoms with Crippen LogP contribution >= 0.6 is 0 Å². The first-order valence-electron chi connectivity index (χ1n) is 7.03. The SMILES string of the molecule is O=C(O)CCN(C(=O)c1ccc2nc[nH]c2c1)c1ccccn1. The largest absolute Gasteiger partial charge is 0.481 e. The Labute approximate surface area is 131 Å². The van der Waals surface area contributed by atoms with E-state index in [2.05, 4.69) is 15.0 Å². The molecule has 2 N–H and O–H groups in total. The van der Waals surface area contributed by atoms with Gasteiger partial charge in [0.05, 0.1) is 23.8 Å². The van der Waals surface area contributed by atoms with Crippen LogP contribution in [0.15, 0.2) is 48.9 Å². The second kappa shape index (κ2) is 6.27. The molecule has 3 rings (SSSR count). The van der Waals surface area contributed by atoms with Crippen LogP contribution in [0.5, 0.6) is 0 Å². The van der Waals surface area contributed by atoms with E-state index in [0.717, 1.165) is 11.0 Å². The first-order valence-corrected chi connectivity index (χ1v) is 7.03. The van der Waals surface area contributed by atoms with Crippen LogP contribution in [0.3, 0.4) is 0 Å². The van der Waals surface area contributed by atoms with Gasteiger partial charge in [-0.05, 0) is 30.3 Å². The third kappa shape index (κ3) is 3.18. The summed E-state index contributed by atoms with van der Waals surface area (Å²) in [7, 11) is 0. The molecule has 0 radical (unpaired) electrons. The molecule has 0 fully saturated rings. The average Bonchev–Trinajstić information content (AvgIpc) is 3.03. The summed E-state index contributed by atoms with van der Waals surface area (Å²) >= 11 is 0. The zero-order valence-electron chi connectivity index (χ0n) is 12.1. The van der Waals surface area contributed by atoms with E-state index in [-0.39, 0.29) is 18.9 Å². The van der Waals surface area contributed by atoms with Gasteiger partial charge in [0, 0.05) is 18.3 Å². The van der Waals surface area contributed by atoms with Crippen molar-refractivity contribution >= 4 is 28.7 Å². The fourth-order valence-corrected chi connectivity index (χ4v) is 2.27. The number of nitrogens with zero attached hydrogens (tertiary/aromatic N) is 3. The molecular formula is C16H14N4O3. The second-order valence-electron chi connectivity index (χ2n) is 4.92. The number of carbonyl (C=O) groups excluding carboxylic acids is 1. The zero-order chi connectivity index (χ0) is 16.2. The van der Waals surface area contributed by atoms with Crippen molar-refractivity contribution in [2.24, 2.45) is 0 Å². The molecule has 116 valence electrons. The van der Waals surface area contributed by atoms with E-state index in [0.29, 0.717) is 11.4 Å². The quantitative estimate of drug-likeness (QED) is 0.751. The van der Waals surface area contributed by atoms with Crippen LogP contribution in [0, 0.1) is 0 Å². The standard InChI is InChI=1S/C16H14N4O3/c21-15(22)6-8-20(14-3-1-2-7-17-14)16(23)11-4-5-12-13(9-11)19-10-18-12/h1-5,7,9-10H,6,8H2,(H,18,19)(H,21,22). The predicted molar refractivity (Wildman–Crippen MR) is 84.3 cm³/mol. The summed E-state index contributed by atoms with van der Waals surface area (Å²) in [5.74, 6) is -0.854. The number of anilines is 1. The number of hydrogen-bond donors (Lipinski definition) is 2. The smallest absolute Gasteiger partial charge is 0.305 e. The van der Waals surface area contributed by atoms with Gasteiger partial charge < -0.3 is 10.1 Å². The van der Waals surface area contributed by atoms with Gasteiger partial charge in [-0.25, -0.2) is 9.97 Å². The molecule has 0 aliphatic rings. The van der Waals surface area contributed by atoms with Crippen LogP contribution in [-0.4, -0.2) is 38.5 Å². The maximum absolute atomic E-state index is 12.8. The van der Waals surface area contributed by atoms with E-state index < -0.39 is 5.97 Å².